The molecule has 0 saturated heterocycles. The van der Waals surface area contributed by atoms with Crippen LogP contribution in [0.3, 0.4) is 0 Å². The van der Waals surface area contributed by atoms with Gasteiger partial charge in [0.1, 0.15) is 0 Å². The van der Waals surface area contributed by atoms with Crippen LogP contribution in [0.5, 0.6) is 0 Å². The predicted octanol–water partition coefficient (Wildman–Crippen LogP) is 4.25. The molecule has 3 aromatic rings. The van der Waals surface area contributed by atoms with Gasteiger partial charge in [0.05, 0.1) is 0 Å². The third-order valence-corrected chi connectivity index (χ3v) is 11.4. The Kier molecular flexibility index (Phi) is 3.33. The van der Waals surface area contributed by atoms with Crippen molar-refractivity contribution < 1.29 is 0 Å². The molecule has 3 aromatic carbocycles. The van der Waals surface area contributed by atoms with Crippen LogP contribution in [0.25, 0.3) is 11.1 Å². The highest BCUT2D eigenvalue weighted by molar-refractivity contribution is 7.15. The first-order chi connectivity index (χ1) is 11.5. The Morgan fingerprint density at radius 3 is 2.00 bits per heavy atom. The minimum absolute atomic E-state index is 0.198. The van der Waals surface area contributed by atoms with Gasteiger partial charge in [0.15, 0.2) is 8.07 Å². The van der Waals surface area contributed by atoms with Crippen molar-refractivity contribution in [3.63, 3.8) is 0 Å². The van der Waals surface area contributed by atoms with Gasteiger partial charge in [0.25, 0.3) is 0 Å². The normalized spacial score (nSPS) is 19.0. The molecular formula is C23H24Si. The first-order valence-corrected chi connectivity index (χ1v) is 10.7. The van der Waals surface area contributed by atoms with E-state index in [-0.39, 0.29) is 5.04 Å². The van der Waals surface area contributed by atoms with Gasteiger partial charge in [-0.3, -0.25) is 0 Å². The highest BCUT2D eigenvalue weighted by atomic mass is 28.3. The summed E-state index contributed by atoms with van der Waals surface area (Å²) in [6.07, 6.45) is 0. The fourth-order valence-corrected chi connectivity index (χ4v) is 10.8. The fraction of sp³-hybridized carbons (Fsp3) is 0.217. The Hall–Kier alpha value is -2.12. The van der Waals surface area contributed by atoms with E-state index in [9.17, 15) is 0 Å². The highest BCUT2D eigenvalue weighted by Crippen LogP contribution is 2.42. The Balaban J connectivity index is 2.20. The van der Waals surface area contributed by atoms with E-state index >= 15 is 0 Å². The maximum atomic E-state index is 2.46. The maximum Gasteiger partial charge on any atom is 0.155 e. The molecule has 4 rings (SSSR count). The number of fused-ring (bicyclic) bond motifs is 3. The van der Waals surface area contributed by atoms with Crippen molar-refractivity contribution >= 4 is 23.6 Å². The zero-order valence-corrected chi connectivity index (χ0v) is 15.9. The second kappa shape index (κ2) is 5.19. The largest absolute Gasteiger partial charge is 0.155 e. The van der Waals surface area contributed by atoms with Crippen molar-refractivity contribution in [2.24, 2.45) is 0 Å². The van der Waals surface area contributed by atoms with Crippen LogP contribution in [0.4, 0.5) is 0 Å². The van der Waals surface area contributed by atoms with Crippen LogP contribution in [-0.4, -0.2) is 8.07 Å². The maximum absolute atomic E-state index is 2.46. The second-order valence-corrected chi connectivity index (χ2v) is 12.6. The number of hydrogen-bond acceptors (Lipinski definition) is 0. The van der Waals surface area contributed by atoms with E-state index < -0.39 is 8.07 Å². The summed E-state index contributed by atoms with van der Waals surface area (Å²) in [5, 5.41) is 4.88. The molecule has 1 aliphatic heterocycles. The number of aryl methyl sites for hydroxylation is 1. The zero-order chi connectivity index (χ0) is 16.9. The molecule has 1 atom stereocenters. The molecule has 0 amide bonds. The molecule has 0 aliphatic carbocycles. The monoisotopic (exact) mass is 328 g/mol. The molecule has 0 nitrogen and oxygen atoms in total. The number of hydrogen-bond donors (Lipinski definition) is 0. The summed E-state index contributed by atoms with van der Waals surface area (Å²) in [5.41, 5.74) is 4.25. The minimum atomic E-state index is -2.08. The average molecular weight is 329 g/mol. The molecule has 0 bridgehead atoms. The Morgan fingerprint density at radius 2 is 1.29 bits per heavy atom. The van der Waals surface area contributed by atoms with Crippen molar-refractivity contribution in [3.8, 4) is 11.1 Å². The fourth-order valence-electron chi connectivity index (χ4n) is 4.63. The third-order valence-electron chi connectivity index (χ3n) is 5.53. The molecule has 0 aromatic heterocycles. The molecule has 120 valence electrons. The molecule has 0 N–H and O–H groups in total. The molecule has 1 aliphatic rings. The van der Waals surface area contributed by atoms with Crippen LogP contribution in [-0.2, 0) is 0 Å². The smallest absolute Gasteiger partial charge is 0.0624 e. The second-order valence-electron chi connectivity index (χ2n) is 7.96. The van der Waals surface area contributed by atoms with Gasteiger partial charge in [-0.05, 0) is 38.6 Å². The van der Waals surface area contributed by atoms with Crippen LogP contribution >= 0.6 is 0 Å². The van der Waals surface area contributed by atoms with Gasteiger partial charge in [0.2, 0.25) is 0 Å². The molecule has 0 spiro atoms. The number of benzene rings is 3. The van der Waals surface area contributed by atoms with E-state index in [0.717, 1.165) is 0 Å². The zero-order valence-electron chi connectivity index (χ0n) is 14.9. The first-order valence-electron chi connectivity index (χ1n) is 8.73. The lowest BCUT2D eigenvalue weighted by atomic mass is 10.0. The van der Waals surface area contributed by atoms with Gasteiger partial charge in [-0.1, -0.05) is 99.1 Å². The third kappa shape index (κ3) is 1.91. The number of rotatable bonds is 1. The standard InChI is InChI=1S/C23H24Si/c1-17-14-15-20-19-12-8-9-13-21(19)24(22(20)16-17,23(2,3)4)18-10-6-5-7-11-18/h5-16H,1-4H3/t24-/m1/s1. The Morgan fingerprint density at radius 1 is 0.667 bits per heavy atom. The predicted molar refractivity (Wildman–Crippen MR) is 107 cm³/mol. The summed E-state index contributed by atoms with van der Waals surface area (Å²) in [7, 11) is -2.08. The van der Waals surface area contributed by atoms with Crippen molar-refractivity contribution in [1.82, 2.24) is 0 Å². The minimum Gasteiger partial charge on any atom is -0.0624 e. The van der Waals surface area contributed by atoms with E-state index in [4.69, 9.17) is 0 Å². The van der Waals surface area contributed by atoms with Crippen LogP contribution in [0.1, 0.15) is 26.3 Å². The van der Waals surface area contributed by atoms with E-state index in [2.05, 4.69) is 100 Å². The summed E-state index contributed by atoms with van der Waals surface area (Å²) in [6.45, 7) is 9.51. The van der Waals surface area contributed by atoms with Crippen molar-refractivity contribution in [2.45, 2.75) is 32.7 Å². The quantitative estimate of drug-likeness (QED) is 0.586. The Labute approximate surface area is 146 Å². The van der Waals surface area contributed by atoms with Gasteiger partial charge < -0.3 is 0 Å². The average Bonchev–Trinajstić information content (AvgIpc) is 2.86. The molecule has 0 unspecified atom stereocenters. The van der Waals surface area contributed by atoms with Crippen LogP contribution < -0.4 is 15.6 Å². The summed E-state index contributed by atoms with van der Waals surface area (Å²) in [4.78, 5) is 0. The van der Waals surface area contributed by atoms with Gasteiger partial charge in [-0.15, -0.1) is 0 Å². The van der Waals surface area contributed by atoms with E-state index in [1.54, 1.807) is 10.4 Å². The van der Waals surface area contributed by atoms with Crippen LogP contribution in [0.15, 0.2) is 72.8 Å². The van der Waals surface area contributed by atoms with Gasteiger partial charge in [-0.25, -0.2) is 0 Å². The summed E-state index contributed by atoms with van der Waals surface area (Å²) in [6, 6.07) is 27.4. The SMILES string of the molecule is Cc1ccc2c(c1)[Si@](c1ccccc1)(C(C)(C)C)c1ccccc1-2. The molecule has 24 heavy (non-hydrogen) atoms. The van der Waals surface area contributed by atoms with Gasteiger partial charge >= 0.3 is 0 Å². The topological polar surface area (TPSA) is 0 Å². The molecule has 1 heterocycles. The van der Waals surface area contributed by atoms with Crippen LogP contribution in [0, 0.1) is 6.92 Å². The molecule has 0 radical (unpaired) electrons. The molecule has 0 saturated carbocycles. The summed E-state index contributed by atoms with van der Waals surface area (Å²) in [5.74, 6) is 0. The molecule has 1 heteroatoms. The van der Waals surface area contributed by atoms with Crippen LogP contribution in [0.2, 0.25) is 5.04 Å². The molecular weight excluding hydrogens is 304 g/mol. The lowest BCUT2D eigenvalue weighted by Crippen LogP contribution is -2.70. The Bertz CT molecular complexity index is 903. The van der Waals surface area contributed by atoms with Crippen molar-refractivity contribution in [1.29, 1.82) is 0 Å². The van der Waals surface area contributed by atoms with E-state index in [1.807, 2.05) is 0 Å². The first kappa shape index (κ1) is 15.4. The van der Waals surface area contributed by atoms with Gasteiger partial charge in [-0.2, -0.15) is 0 Å². The van der Waals surface area contributed by atoms with Crippen molar-refractivity contribution in [2.75, 3.05) is 0 Å². The van der Waals surface area contributed by atoms with E-state index in [1.165, 1.54) is 21.9 Å². The van der Waals surface area contributed by atoms with Crippen molar-refractivity contribution in [3.05, 3.63) is 78.4 Å². The van der Waals surface area contributed by atoms with E-state index in [0.29, 0.717) is 0 Å². The summed E-state index contributed by atoms with van der Waals surface area (Å²) < 4.78 is 0. The lowest BCUT2D eigenvalue weighted by molar-refractivity contribution is 0.740. The molecule has 0 fully saturated rings. The summed E-state index contributed by atoms with van der Waals surface area (Å²) >= 11 is 0. The highest BCUT2D eigenvalue weighted by Gasteiger charge is 2.54. The lowest BCUT2D eigenvalue weighted by Gasteiger charge is -2.42. The van der Waals surface area contributed by atoms with Gasteiger partial charge in [0, 0.05) is 0 Å².